The Morgan fingerprint density at radius 2 is 2.07 bits per heavy atom. The van der Waals surface area contributed by atoms with E-state index in [0.29, 0.717) is 18.9 Å². The van der Waals surface area contributed by atoms with Gasteiger partial charge in [0, 0.05) is 30.9 Å². The third-order valence-corrected chi connectivity index (χ3v) is 6.92. The van der Waals surface area contributed by atoms with Gasteiger partial charge in [0.25, 0.3) is 0 Å². The van der Waals surface area contributed by atoms with Crippen LogP contribution in [0, 0.1) is 5.92 Å². The third kappa shape index (κ3) is 6.43. The van der Waals surface area contributed by atoms with Crippen LogP contribution in [0.25, 0.3) is 0 Å². The molecule has 4 rings (SSSR count). The molecule has 0 aliphatic carbocycles. The molecule has 2 aliphatic rings. The van der Waals surface area contributed by atoms with Gasteiger partial charge in [-0.15, -0.1) is 36.2 Å². The van der Waals surface area contributed by atoms with Crippen LogP contribution in [-0.2, 0) is 17.8 Å². The fourth-order valence-electron chi connectivity index (χ4n) is 4.26. The molecule has 4 nitrogen and oxygen atoms in total. The van der Waals surface area contributed by atoms with Crippen molar-refractivity contribution in [2.45, 2.75) is 38.3 Å². The predicted octanol–water partition coefficient (Wildman–Crippen LogP) is 4.20. The quantitative estimate of drug-likeness (QED) is 0.657. The summed E-state index contributed by atoms with van der Waals surface area (Å²) in [4.78, 5) is 16.5. The first-order chi connectivity index (χ1) is 13.3. The standard InChI is InChI=1S/C22H29N3OS.2ClH/c26-22(7-6-17-8-11-23-14-17)24-15-20(18-4-2-1-3-5-18)25-12-9-21-19(16-25)10-13-27-21;;/h1-5,10,13,17,20,23H,6-9,11-12,14-16H2,(H,24,26);2*1H. The summed E-state index contributed by atoms with van der Waals surface area (Å²) in [6.07, 6.45) is 3.95. The molecule has 2 atom stereocenters. The van der Waals surface area contributed by atoms with E-state index < -0.39 is 0 Å². The van der Waals surface area contributed by atoms with Crippen molar-refractivity contribution in [3.8, 4) is 0 Å². The average molecular weight is 456 g/mol. The third-order valence-electron chi connectivity index (χ3n) is 5.90. The van der Waals surface area contributed by atoms with Crippen LogP contribution in [0.4, 0.5) is 0 Å². The smallest absolute Gasteiger partial charge is 0.220 e. The van der Waals surface area contributed by atoms with Crippen LogP contribution in [0.2, 0.25) is 0 Å². The number of rotatable bonds is 7. The van der Waals surface area contributed by atoms with Gasteiger partial charge in [0.15, 0.2) is 0 Å². The number of benzene rings is 1. The molecule has 7 heteroatoms. The zero-order valence-corrected chi connectivity index (χ0v) is 19.1. The molecule has 160 valence electrons. The van der Waals surface area contributed by atoms with Crippen LogP contribution >= 0.6 is 36.2 Å². The summed E-state index contributed by atoms with van der Waals surface area (Å²) in [5.74, 6) is 0.857. The maximum atomic E-state index is 12.4. The molecule has 3 heterocycles. The van der Waals surface area contributed by atoms with Crippen molar-refractivity contribution < 1.29 is 4.79 Å². The van der Waals surface area contributed by atoms with Gasteiger partial charge in [0.1, 0.15) is 0 Å². The number of halogens is 2. The number of nitrogens with one attached hydrogen (secondary N) is 2. The van der Waals surface area contributed by atoms with Gasteiger partial charge in [-0.05, 0) is 60.8 Å². The summed E-state index contributed by atoms with van der Waals surface area (Å²) in [7, 11) is 0. The summed E-state index contributed by atoms with van der Waals surface area (Å²) < 4.78 is 0. The Kier molecular flexibility index (Phi) is 9.93. The fraction of sp³-hybridized carbons (Fsp3) is 0.500. The van der Waals surface area contributed by atoms with E-state index in [-0.39, 0.29) is 36.8 Å². The Morgan fingerprint density at radius 3 is 2.83 bits per heavy atom. The number of thiophene rings is 1. The Bertz CT molecular complexity index is 750. The molecule has 1 aromatic carbocycles. The van der Waals surface area contributed by atoms with E-state index >= 15 is 0 Å². The zero-order chi connectivity index (χ0) is 18.5. The maximum Gasteiger partial charge on any atom is 0.220 e. The molecule has 0 spiro atoms. The van der Waals surface area contributed by atoms with Gasteiger partial charge in [-0.2, -0.15) is 0 Å². The molecule has 0 radical (unpaired) electrons. The lowest BCUT2D eigenvalue weighted by Crippen LogP contribution is -2.40. The topological polar surface area (TPSA) is 44.4 Å². The Hall–Kier alpha value is -1.11. The van der Waals surface area contributed by atoms with E-state index in [1.54, 1.807) is 0 Å². The van der Waals surface area contributed by atoms with E-state index in [1.165, 1.54) is 22.4 Å². The number of carbonyl (C=O) groups excluding carboxylic acids is 1. The maximum absolute atomic E-state index is 12.4. The van der Waals surface area contributed by atoms with Crippen LogP contribution in [0.15, 0.2) is 41.8 Å². The highest BCUT2D eigenvalue weighted by atomic mass is 35.5. The van der Waals surface area contributed by atoms with Gasteiger partial charge < -0.3 is 10.6 Å². The second kappa shape index (κ2) is 11.9. The molecular weight excluding hydrogens is 425 g/mol. The van der Waals surface area contributed by atoms with E-state index in [0.717, 1.165) is 39.0 Å². The minimum Gasteiger partial charge on any atom is -0.354 e. The Morgan fingerprint density at radius 1 is 1.24 bits per heavy atom. The lowest BCUT2D eigenvalue weighted by molar-refractivity contribution is -0.121. The first-order valence-corrected chi connectivity index (χ1v) is 11.0. The normalized spacial score (nSPS) is 19.5. The van der Waals surface area contributed by atoms with Gasteiger partial charge in [0.05, 0.1) is 6.04 Å². The van der Waals surface area contributed by atoms with E-state index in [9.17, 15) is 4.79 Å². The van der Waals surface area contributed by atoms with Crippen LogP contribution in [0.5, 0.6) is 0 Å². The Balaban J connectivity index is 0.00000150. The molecule has 0 saturated carbocycles. The van der Waals surface area contributed by atoms with Crippen molar-refractivity contribution in [1.29, 1.82) is 0 Å². The number of fused-ring (bicyclic) bond motifs is 1. The van der Waals surface area contributed by atoms with Gasteiger partial charge in [-0.3, -0.25) is 9.69 Å². The van der Waals surface area contributed by atoms with Crippen molar-refractivity contribution >= 4 is 42.1 Å². The van der Waals surface area contributed by atoms with Crippen LogP contribution in [0.1, 0.15) is 41.3 Å². The Labute approximate surface area is 190 Å². The lowest BCUT2D eigenvalue weighted by Gasteiger charge is -2.35. The first-order valence-electron chi connectivity index (χ1n) is 10.1. The number of amides is 1. The van der Waals surface area contributed by atoms with Crippen LogP contribution < -0.4 is 10.6 Å². The molecule has 1 aromatic heterocycles. The van der Waals surface area contributed by atoms with E-state index in [1.807, 2.05) is 11.3 Å². The van der Waals surface area contributed by atoms with E-state index in [4.69, 9.17) is 0 Å². The van der Waals surface area contributed by atoms with Gasteiger partial charge >= 0.3 is 0 Å². The SMILES string of the molecule is Cl.Cl.O=C(CCC1CCNC1)NCC(c1ccccc1)N1CCc2sccc2C1. The van der Waals surface area contributed by atoms with Crippen molar-refractivity contribution in [3.63, 3.8) is 0 Å². The minimum atomic E-state index is 0. The number of hydrogen-bond acceptors (Lipinski definition) is 4. The molecule has 2 aromatic rings. The molecule has 1 saturated heterocycles. The number of carbonyl (C=O) groups is 1. The number of nitrogens with zero attached hydrogens (tertiary/aromatic N) is 1. The van der Waals surface area contributed by atoms with E-state index in [2.05, 4.69) is 57.3 Å². The van der Waals surface area contributed by atoms with Crippen LogP contribution in [-0.4, -0.2) is 37.0 Å². The van der Waals surface area contributed by atoms with Gasteiger partial charge in [0.2, 0.25) is 5.91 Å². The summed E-state index contributed by atoms with van der Waals surface area (Å²) in [6, 6.07) is 13.1. The number of hydrogen-bond donors (Lipinski definition) is 2. The molecule has 1 fully saturated rings. The predicted molar refractivity (Wildman–Crippen MR) is 125 cm³/mol. The van der Waals surface area contributed by atoms with Crippen molar-refractivity contribution in [2.75, 3.05) is 26.2 Å². The highest BCUT2D eigenvalue weighted by molar-refractivity contribution is 7.10. The average Bonchev–Trinajstić information content (AvgIpc) is 3.39. The fourth-order valence-corrected chi connectivity index (χ4v) is 5.15. The highest BCUT2D eigenvalue weighted by Crippen LogP contribution is 2.30. The molecule has 2 N–H and O–H groups in total. The summed E-state index contributed by atoms with van der Waals surface area (Å²) in [6.45, 7) is 4.88. The minimum absolute atomic E-state index is 0. The van der Waals surface area contributed by atoms with Gasteiger partial charge in [-0.25, -0.2) is 0 Å². The summed E-state index contributed by atoms with van der Waals surface area (Å²) >= 11 is 1.87. The lowest BCUT2D eigenvalue weighted by atomic mass is 10.0. The summed E-state index contributed by atoms with van der Waals surface area (Å²) in [5, 5.41) is 8.80. The largest absolute Gasteiger partial charge is 0.354 e. The zero-order valence-electron chi connectivity index (χ0n) is 16.6. The first kappa shape index (κ1) is 24.2. The second-order valence-corrected chi connectivity index (χ2v) is 8.72. The molecule has 1 amide bonds. The molecule has 0 bridgehead atoms. The van der Waals surface area contributed by atoms with Gasteiger partial charge in [-0.1, -0.05) is 30.3 Å². The van der Waals surface area contributed by atoms with Crippen LogP contribution in [0.3, 0.4) is 0 Å². The second-order valence-electron chi connectivity index (χ2n) is 7.72. The highest BCUT2D eigenvalue weighted by Gasteiger charge is 2.26. The summed E-state index contributed by atoms with van der Waals surface area (Å²) in [5.41, 5.74) is 2.74. The molecule has 2 aliphatic heterocycles. The molecule has 2 unspecified atom stereocenters. The molecule has 29 heavy (non-hydrogen) atoms. The monoisotopic (exact) mass is 455 g/mol. The van der Waals surface area contributed by atoms with Crippen molar-refractivity contribution in [3.05, 3.63) is 57.8 Å². The molecular formula is C22H31Cl2N3OS. The van der Waals surface area contributed by atoms with Crippen molar-refractivity contribution in [1.82, 2.24) is 15.5 Å². The van der Waals surface area contributed by atoms with Crippen molar-refractivity contribution in [2.24, 2.45) is 5.92 Å².